The molecule has 1 aromatic carbocycles. The molecule has 2 N–H and O–H groups in total. The van der Waals surface area contributed by atoms with E-state index >= 15 is 0 Å². The molecule has 25 heavy (non-hydrogen) atoms. The summed E-state index contributed by atoms with van der Waals surface area (Å²) in [6.45, 7) is 0. The molecule has 0 radical (unpaired) electrons. The Morgan fingerprint density at radius 2 is 2.04 bits per heavy atom. The Balaban J connectivity index is 1.76. The lowest BCUT2D eigenvalue weighted by molar-refractivity contribution is -0.122. The number of aromatic nitrogens is 2. The fourth-order valence-corrected chi connectivity index (χ4v) is 3.09. The van der Waals surface area contributed by atoms with Crippen LogP contribution in [0.3, 0.4) is 0 Å². The zero-order chi connectivity index (χ0) is 18.1. The van der Waals surface area contributed by atoms with Crippen molar-refractivity contribution >= 4 is 5.91 Å². The number of amides is 1. The van der Waals surface area contributed by atoms with Crippen LogP contribution in [-0.2, 0) is 18.3 Å². The average Bonchev–Trinajstić information content (AvgIpc) is 2.96. The quantitative estimate of drug-likeness (QED) is 0.808. The van der Waals surface area contributed by atoms with E-state index in [0.29, 0.717) is 18.9 Å². The average molecular weight is 353 g/mol. The molecular weight excluding hydrogens is 335 g/mol. The van der Waals surface area contributed by atoms with Crippen molar-refractivity contribution in [2.24, 2.45) is 13.0 Å². The number of carbonyl (C=O) groups is 1. The van der Waals surface area contributed by atoms with Crippen LogP contribution in [0.1, 0.15) is 30.0 Å². The summed E-state index contributed by atoms with van der Waals surface area (Å²) < 4.78 is 42.3. The molecule has 1 aliphatic carbocycles. The number of hydrogen-bond acceptors (Lipinski definition) is 3. The van der Waals surface area contributed by atoms with Crippen molar-refractivity contribution < 1.29 is 23.1 Å². The van der Waals surface area contributed by atoms with E-state index in [-0.39, 0.29) is 5.92 Å². The molecular formula is C17H18F3N3O2. The van der Waals surface area contributed by atoms with Crippen LogP contribution in [0, 0.1) is 23.4 Å². The lowest BCUT2D eigenvalue weighted by Crippen LogP contribution is -2.41. The second kappa shape index (κ2) is 6.87. The third-order valence-electron chi connectivity index (χ3n) is 4.50. The first kappa shape index (κ1) is 17.5. The van der Waals surface area contributed by atoms with E-state index in [1.165, 1.54) is 0 Å². The van der Waals surface area contributed by atoms with E-state index in [4.69, 9.17) is 0 Å². The number of aliphatic hydroxyl groups is 1. The van der Waals surface area contributed by atoms with Crippen molar-refractivity contribution in [3.05, 3.63) is 53.1 Å². The molecule has 8 heteroatoms. The summed E-state index contributed by atoms with van der Waals surface area (Å²) in [5, 5.41) is 16.3. The number of halogens is 3. The van der Waals surface area contributed by atoms with Gasteiger partial charge in [0.1, 0.15) is 5.82 Å². The summed E-state index contributed by atoms with van der Waals surface area (Å²) in [6, 6.07) is 1.05. The molecule has 1 aromatic heterocycles. The Kier molecular flexibility index (Phi) is 4.80. The van der Waals surface area contributed by atoms with Crippen molar-refractivity contribution in [2.45, 2.75) is 31.4 Å². The Hall–Kier alpha value is -2.35. The Morgan fingerprint density at radius 1 is 1.36 bits per heavy atom. The predicted octanol–water partition coefficient (Wildman–Crippen LogP) is 2.01. The van der Waals surface area contributed by atoms with Gasteiger partial charge in [-0.1, -0.05) is 0 Å². The first-order chi connectivity index (χ1) is 11.8. The standard InChI is InChI=1S/C17H18F3N3O2/c1-23-8-10(7-21-23)17(9-4-11(24)5-9)22-15(25)6-12-13(18)2-3-14(19)16(12)20/h2-3,7-9,11,17,24H,4-6H2,1H3,(H,22,25)/t9?,11?,17-/m0/s1. The van der Waals surface area contributed by atoms with Crippen LogP contribution in [-0.4, -0.2) is 26.9 Å². The van der Waals surface area contributed by atoms with Gasteiger partial charge in [0.05, 0.1) is 24.8 Å². The highest BCUT2D eigenvalue weighted by Gasteiger charge is 2.36. The zero-order valence-electron chi connectivity index (χ0n) is 13.5. The van der Waals surface area contributed by atoms with E-state index in [9.17, 15) is 23.1 Å². The van der Waals surface area contributed by atoms with Crippen LogP contribution in [0.4, 0.5) is 13.2 Å². The van der Waals surface area contributed by atoms with Crippen LogP contribution in [0.25, 0.3) is 0 Å². The van der Waals surface area contributed by atoms with Gasteiger partial charge in [-0.25, -0.2) is 13.2 Å². The van der Waals surface area contributed by atoms with Crippen LogP contribution >= 0.6 is 0 Å². The maximum Gasteiger partial charge on any atom is 0.225 e. The fraction of sp³-hybridized carbons (Fsp3) is 0.412. The molecule has 1 saturated carbocycles. The topological polar surface area (TPSA) is 67.2 Å². The molecule has 1 fully saturated rings. The van der Waals surface area contributed by atoms with Crippen LogP contribution in [0.2, 0.25) is 0 Å². The second-order valence-electron chi connectivity index (χ2n) is 6.38. The Bertz CT molecular complexity index is 787. The molecule has 0 saturated heterocycles. The molecule has 2 aromatic rings. The number of benzene rings is 1. The molecule has 134 valence electrons. The summed E-state index contributed by atoms with van der Waals surface area (Å²) in [7, 11) is 1.73. The van der Waals surface area contributed by atoms with Crippen LogP contribution < -0.4 is 5.32 Å². The molecule has 1 atom stereocenters. The summed E-state index contributed by atoms with van der Waals surface area (Å²) >= 11 is 0. The largest absolute Gasteiger partial charge is 0.393 e. The van der Waals surface area contributed by atoms with Gasteiger partial charge in [-0.3, -0.25) is 9.48 Å². The van der Waals surface area contributed by atoms with Gasteiger partial charge in [-0.15, -0.1) is 0 Å². The maximum atomic E-state index is 13.7. The minimum atomic E-state index is -1.35. The lowest BCUT2D eigenvalue weighted by Gasteiger charge is -2.37. The van der Waals surface area contributed by atoms with E-state index in [1.54, 1.807) is 24.1 Å². The SMILES string of the molecule is Cn1cc([C@@H](NC(=O)Cc2c(F)ccc(F)c2F)C2CC(O)C2)cn1. The molecule has 3 rings (SSSR count). The van der Waals surface area contributed by atoms with Gasteiger partial charge in [-0.05, 0) is 30.9 Å². The van der Waals surface area contributed by atoms with Crippen molar-refractivity contribution in [1.29, 1.82) is 0 Å². The van der Waals surface area contributed by atoms with Gasteiger partial charge >= 0.3 is 0 Å². The van der Waals surface area contributed by atoms with Gasteiger partial charge in [0, 0.05) is 24.4 Å². The second-order valence-corrected chi connectivity index (χ2v) is 6.38. The minimum absolute atomic E-state index is 0.00496. The first-order valence-corrected chi connectivity index (χ1v) is 7.93. The summed E-state index contributed by atoms with van der Waals surface area (Å²) in [6.07, 6.45) is 3.34. The van der Waals surface area contributed by atoms with Crippen molar-refractivity contribution in [1.82, 2.24) is 15.1 Å². The highest BCUT2D eigenvalue weighted by molar-refractivity contribution is 5.79. The highest BCUT2D eigenvalue weighted by atomic mass is 19.2. The van der Waals surface area contributed by atoms with Crippen molar-refractivity contribution in [3.63, 3.8) is 0 Å². The molecule has 0 bridgehead atoms. The fourth-order valence-electron chi connectivity index (χ4n) is 3.09. The molecule has 1 aliphatic rings. The molecule has 0 unspecified atom stereocenters. The van der Waals surface area contributed by atoms with Gasteiger partial charge in [0.2, 0.25) is 5.91 Å². The van der Waals surface area contributed by atoms with Crippen LogP contribution in [0.5, 0.6) is 0 Å². The minimum Gasteiger partial charge on any atom is -0.393 e. The first-order valence-electron chi connectivity index (χ1n) is 7.93. The normalized spacial score (nSPS) is 20.8. The number of nitrogens with one attached hydrogen (secondary N) is 1. The van der Waals surface area contributed by atoms with E-state index < -0.39 is 47.5 Å². The van der Waals surface area contributed by atoms with Crippen molar-refractivity contribution in [2.75, 3.05) is 0 Å². The van der Waals surface area contributed by atoms with E-state index in [1.807, 2.05) is 0 Å². The number of nitrogens with zero attached hydrogens (tertiary/aromatic N) is 2. The Labute approximate surface area is 142 Å². The van der Waals surface area contributed by atoms with Crippen molar-refractivity contribution in [3.8, 4) is 0 Å². The molecule has 1 heterocycles. The smallest absolute Gasteiger partial charge is 0.225 e. The summed E-state index contributed by atoms with van der Waals surface area (Å²) in [4.78, 5) is 12.3. The number of aryl methyl sites for hydroxylation is 1. The molecule has 1 amide bonds. The summed E-state index contributed by atoms with van der Waals surface area (Å²) in [5.74, 6) is -4.14. The van der Waals surface area contributed by atoms with Gasteiger partial charge < -0.3 is 10.4 Å². The zero-order valence-corrected chi connectivity index (χ0v) is 13.5. The predicted molar refractivity (Wildman–Crippen MR) is 82.8 cm³/mol. The molecule has 0 aliphatic heterocycles. The van der Waals surface area contributed by atoms with Gasteiger partial charge in [-0.2, -0.15) is 5.10 Å². The summed E-state index contributed by atoms with van der Waals surface area (Å²) in [5.41, 5.74) is 0.143. The van der Waals surface area contributed by atoms with Crippen LogP contribution in [0.15, 0.2) is 24.5 Å². The maximum absolute atomic E-state index is 13.7. The lowest BCUT2D eigenvalue weighted by atomic mass is 9.75. The molecule has 0 spiro atoms. The number of rotatable bonds is 5. The molecule has 5 nitrogen and oxygen atoms in total. The third-order valence-corrected chi connectivity index (χ3v) is 4.50. The van der Waals surface area contributed by atoms with E-state index in [0.717, 1.165) is 11.6 Å². The third kappa shape index (κ3) is 3.68. The number of carbonyl (C=O) groups excluding carboxylic acids is 1. The van der Waals surface area contributed by atoms with Gasteiger partial charge in [0.25, 0.3) is 0 Å². The van der Waals surface area contributed by atoms with Gasteiger partial charge in [0.15, 0.2) is 11.6 Å². The number of aliphatic hydroxyl groups excluding tert-OH is 1. The van der Waals surface area contributed by atoms with E-state index in [2.05, 4.69) is 10.4 Å². The monoisotopic (exact) mass is 353 g/mol. The highest BCUT2D eigenvalue weighted by Crippen LogP contribution is 2.38. The Morgan fingerprint density at radius 3 is 2.64 bits per heavy atom. The number of hydrogen-bond donors (Lipinski definition) is 2.